The van der Waals surface area contributed by atoms with Crippen LogP contribution in [0.5, 0.6) is 0 Å². The fourth-order valence-electron chi connectivity index (χ4n) is 4.65. The lowest BCUT2D eigenvalue weighted by Crippen LogP contribution is -2.53. The molecular weight excluding hydrogens is 489 g/mol. The molecule has 190 valence electrons. The third-order valence-corrected chi connectivity index (χ3v) is 7.11. The van der Waals surface area contributed by atoms with Crippen LogP contribution in [0.2, 0.25) is 10.0 Å². The molecule has 1 N–H and O–H groups in total. The summed E-state index contributed by atoms with van der Waals surface area (Å²) in [6.07, 6.45) is 5.29. The SMILES string of the molecule is CCC(C(=O)NC(C)(C)C)N(Cc1ccc(Cl)c(Cl)c1)C(=O)CCN1C(=O)[C@H]2CC=CC[C@H]2C1=O. The second kappa shape index (κ2) is 11.1. The van der Waals surface area contributed by atoms with Gasteiger partial charge in [-0.15, -0.1) is 0 Å². The first-order valence-corrected chi connectivity index (χ1v) is 12.7. The van der Waals surface area contributed by atoms with Gasteiger partial charge in [0, 0.05) is 25.0 Å². The number of imide groups is 1. The maximum Gasteiger partial charge on any atom is 0.243 e. The average molecular weight is 522 g/mol. The number of benzene rings is 1. The normalized spacial score (nSPS) is 20.6. The molecule has 0 bridgehead atoms. The third kappa shape index (κ3) is 6.44. The first-order valence-electron chi connectivity index (χ1n) is 12.0. The summed E-state index contributed by atoms with van der Waals surface area (Å²) in [5, 5.41) is 3.70. The number of rotatable bonds is 8. The van der Waals surface area contributed by atoms with Gasteiger partial charge in [-0.3, -0.25) is 24.1 Å². The van der Waals surface area contributed by atoms with E-state index in [0.717, 1.165) is 5.56 Å². The standard InChI is InChI=1S/C26H33Cl2N3O4/c1-5-21(23(33)29-26(2,3)4)31(15-16-10-11-19(27)20(28)14-16)22(32)12-13-30-24(34)17-8-6-7-9-18(17)25(30)35/h6-7,10-11,14,17-18,21H,5,8-9,12-13,15H2,1-4H3,(H,29,33)/t17-,18+,21?. The van der Waals surface area contributed by atoms with E-state index in [0.29, 0.717) is 29.3 Å². The van der Waals surface area contributed by atoms with Crippen molar-refractivity contribution in [3.05, 3.63) is 46.0 Å². The van der Waals surface area contributed by atoms with Crippen LogP contribution in [-0.4, -0.2) is 51.6 Å². The van der Waals surface area contributed by atoms with Crippen LogP contribution < -0.4 is 5.32 Å². The van der Waals surface area contributed by atoms with Gasteiger partial charge in [-0.1, -0.05) is 48.3 Å². The molecule has 2 aliphatic rings. The number of nitrogens with zero attached hydrogens (tertiary/aromatic N) is 2. The molecule has 1 saturated heterocycles. The van der Waals surface area contributed by atoms with Crippen molar-refractivity contribution in [1.29, 1.82) is 0 Å². The molecule has 3 rings (SSSR count). The van der Waals surface area contributed by atoms with E-state index >= 15 is 0 Å². The van der Waals surface area contributed by atoms with Crippen molar-refractivity contribution in [2.45, 2.75) is 71.5 Å². The van der Waals surface area contributed by atoms with Crippen LogP contribution in [0, 0.1) is 11.8 Å². The highest BCUT2D eigenvalue weighted by Crippen LogP contribution is 2.35. The van der Waals surface area contributed by atoms with E-state index in [9.17, 15) is 19.2 Å². The Labute approximate surface area is 216 Å². The number of carbonyl (C=O) groups is 4. The Morgan fingerprint density at radius 1 is 1.09 bits per heavy atom. The lowest BCUT2D eigenvalue weighted by Gasteiger charge is -2.33. The topological polar surface area (TPSA) is 86.8 Å². The molecule has 1 fully saturated rings. The summed E-state index contributed by atoms with van der Waals surface area (Å²) >= 11 is 12.2. The van der Waals surface area contributed by atoms with Crippen molar-refractivity contribution in [3.63, 3.8) is 0 Å². The molecule has 9 heteroatoms. The molecule has 1 aromatic rings. The smallest absolute Gasteiger partial charge is 0.243 e. The fraction of sp³-hybridized carbons (Fsp3) is 0.538. The van der Waals surface area contributed by atoms with Crippen molar-refractivity contribution in [2.75, 3.05) is 6.54 Å². The Hall–Kier alpha value is -2.38. The number of likely N-dealkylation sites (tertiary alicyclic amines) is 1. The van der Waals surface area contributed by atoms with Crippen LogP contribution in [0.4, 0.5) is 0 Å². The highest BCUT2D eigenvalue weighted by atomic mass is 35.5. The van der Waals surface area contributed by atoms with Gasteiger partial charge in [0.25, 0.3) is 0 Å². The molecule has 0 spiro atoms. The Bertz CT molecular complexity index is 1010. The van der Waals surface area contributed by atoms with Gasteiger partial charge in [0.15, 0.2) is 0 Å². The lowest BCUT2D eigenvalue weighted by atomic mass is 9.85. The molecule has 0 saturated carbocycles. The molecule has 0 radical (unpaired) electrons. The zero-order chi connectivity index (χ0) is 25.9. The highest BCUT2D eigenvalue weighted by molar-refractivity contribution is 6.42. The van der Waals surface area contributed by atoms with Crippen molar-refractivity contribution in [3.8, 4) is 0 Å². The number of carbonyl (C=O) groups excluding carboxylic acids is 4. The second-order valence-electron chi connectivity index (χ2n) is 10.2. The van der Waals surface area contributed by atoms with Crippen LogP contribution in [0.1, 0.15) is 58.9 Å². The first kappa shape index (κ1) is 27.2. The highest BCUT2D eigenvalue weighted by Gasteiger charge is 2.47. The molecule has 1 aliphatic heterocycles. The molecule has 1 aliphatic carbocycles. The zero-order valence-electron chi connectivity index (χ0n) is 20.6. The van der Waals surface area contributed by atoms with E-state index in [2.05, 4.69) is 5.32 Å². The Morgan fingerprint density at radius 3 is 2.20 bits per heavy atom. The van der Waals surface area contributed by atoms with E-state index < -0.39 is 11.6 Å². The van der Waals surface area contributed by atoms with E-state index in [1.54, 1.807) is 18.2 Å². The van der Waals surface area contributed by atoms with Gasteiger partial charge in [-0.2, -0.15) is 0 Å². The van der Waals surface area contributed by atoms with E-state index in [4.69, 9.17) is 23.2 Å². The van der Waals surface area contributed by atoms with Gasteiger partial charge in [-0.05, 0) is 57.7 Å². The summed E-state index contributed by atoms with van der Waals surface area (Å²) in [5.41, 5.74) is 0.252. The molecule has 1 aromatic carbocycles. The van der Waals surface area contributed by atoms with E-state index in [-0.39, 0.29) is 55.0 Å². The average Bonchev–Trinajstić information content (AvgIpc) is 3.03. The van der Waals surface area contributed by atoms with Gasteiger partial charge < -0.3 is 10.2 Å². The molecular formula is C26H33Cl2N3O4. The monoisotopic (exact) mass is 521 g/mol. The van der Waals surface area contributed by atoms with Gasteiger partial charge in [-0.25, -0.2) is 0 Å². The summed E-state index contributed by atoms with van der Waals surface area (Å²) in [5.74, 6) is -1.69. The Morgan fingerprint density at radius 2 is 1.69 bits per heavy atom. The van der Waals surface area contributed by atoms with Crippen LogP contribution in [-0.2, 0) is 25.7 Å². The summed E-state index contributed by atoms with van der Waals surface area (Å²) < 4.78 is 0. The van der Waals surface area contributed by atoms with Crippen molar-refractivity contribution < 1.29 is 19.2 Å². The number of nitrogens with one attached hydrogen (secondary N) is 1. The molecule has 35 heavy (non-hydrogen) atoms. The minimum atomic E-state index is -0.729. The number of hydrogen-bond donors (Lipinski definition) is 1. The zero-order valence-corrected chi connectivity index (χ0v) is 22.2. The fourth-order valence-corrected chi connectivity index (χ4v) is 4.97. The molecule has 1 heterocycles. The number of allylic oxidation sites excluding steroid dienone is 2. The number of halogens is 2. The maximum absolute atomic E-state index is 13.5. The molecule has 0 aromatic heterocycles. The number of fused-ring (bicyclic) bond motifs is 1. The van der Waals surface area contributed by atoms with E-state index in [1.165, 1.54) is 9.80 Å². The third-order valence-electron chi connectivity index (χ3n) is 6.37. The van der Waals surface area contributed by atoms with Gasteiger partial charge in [0.2, 0.25) is 23.6 Å². The summed E-state index contributed by atoms with van der Waals surface area (Å²) in [6, 6.07) is 4.35. The predicted molar refractivity (Wildman–Crippen MR) is 136 cm³/mol. The molecule has 1 unspecified atom stereocenters. The number of amides is 4. The van der Waals surface area contributed by atoms with Crippen LogP contribution >= 0.6 is 23.2 Å². The molecule has 7 nitrogen and oxygen atoms in total. The predicted octanol–water partition coefficient (Wildman–Crippen LogP) is 4.36. The largest absolute Gasteiger partial charge is 0.350 e. The maximum atomic E-state index is 13.5. The summed E-state index contributed by atoms with van der Waals surface area (Å²) in [4.78, 5) is 54.9. The summed E-state index contributed by atoms with van der Waals surface area (Å²) in [7, 11) is 0. The second-order valence-corrected chi connectivity index (χ2v) is 11.0. The van der Waals surface area contributed by atoms with Crippen LogP contribution in [0.3, 0.4) is 0 Å². The van der Waals surface area contributed by atoms with Gasteiger partial charge >= 0.3 is 0 Å². The quantitative estimate of drug-likeness (QED) is 0.406. The lowest BCUT2D eigenvalue weighted by molar-refractivity contribution is -0.144. The first-order chi connectivity index (χ1) is 16.4. The van der Waals surface area contributed by atoms with Gasteiger partial charge in [0.05, 0.1) is 21.9 Å². The van der Waals surface area contributed by atoms with Gasteiger partial charge in [0.1, 0.15) is 6.04 Å². The number of hydrogen-bond acceptors (Lipinski definition) is 4. The van der Waals surface area contributed by atoms with Crippen molar-refractivity contribution in [2.24, 2.45) is 11.8 Å². The summed E-state index contributed by atoms with van der Waals surface area (Å²) in [6.45, 7) is 7.61. The Kier molecular flexibility index (Phi) is 8.65. The van der Waals surface area contributed by atoms with Crippen molar-refractivity contribution in [1.82, 2.24) is 15.1 Å². The molecule has 3 atom stereocenters. The molecule has 4 amide bonds. The van der Waals surface area contributed by atoms with Crippen LogP contribution in [0.25, 0.3) is 0 Å². The van der Waals surface area contributed by atoms with Crippen LogP contribution in [0.15, 0.2) is 30.4 Å². The Balaban J connectivity index is 1.79. The van der Waals surface area contributed by atoms with Crippen molar-refractivity contribution >= 4 is 46.8 Å². The minimum absolute atomic E-state index is 0.00129. The minimum Gasteiger partial charge on any atom is -0.350 e. The van der Waals surface area contributed by atoms with E-state index in [1.807, 2.05) is 39.8 Å².